The first-order valence-corrected chi connectivity index (χ1v) is 11.8. The van der Waals surface area contributed by atoms with Crippen LogP contribution in [0.25, 0.3) is 0 Å². The SMILES string of the molecule is COc1ccc(N2[C@@H](c3ccc(OC)c(OC)c3)[C@H](C)[C@@H](C)[C@@H]2c2ccc(OC)c(OC)c2)cc1. The lowest BCUT2D eigenvalue weighted by Gasteiger charge is -2.35. The van der Waals surface area contributed by atoms with E-state index in [4.69, 9.17) is 23.7 Å². The van der Waals surface area contributed by atoms with E-state index in [0.717, 1.165) is 34.4 Å². The molecule has 3 aromatic carbocycles. The van der Waals surface area contributed by atoms with Crippen LogP contribution in [-0.2, 0) is 0 Å². The molecule has 35 heavy (non-hydrogen) atoms. The summed E-state index contributed by atoms with van der Waals surface area (Å²) >= 11 is 0. The van der Waals surface area contributed by atoms with Crippen molar-refractivity contribution in [3.8, 4) is 28.7 Å². The number of hydrogen-bond donors (Lipinski definition) is 0. The maximum atomic E-state index is 5.65. The molecule has 1 heterocycles. The first-order chi connectivity index (χ1) is 17.0. The molecule has 1 fully saturated rings. The van der Waals surface area contributed by atoms with Gasteiger partial charge in [0.2, 0.25) is 0 Å². The summed E-state index contributed by atoms with van der Waals surface area (Å²) in [5.41, 5.74) is 3.49. The molecule has 0 spiro atoms. The second-order valence-corrected chi connectivity index (χ2v) is 8.94. The van der Waals surface area contributed by atoms with E-state index in [9.17, 15) is 0 Å². The van der Waals surface area contributed by atoms with Gasteiger partial charge in [0.1, 0.15) is 5.75 Å². The van der Waals surface area contributed by atoms with E-state index in [1.165, 1.54) is 11.1 Å². The molecule has 0 amide bonds. The van der Waals surface area contributed by atoms with Gasteiger partial charge in [-0.3, -0.25) is 0 Å². The fraction of sp³-hybridized carbons (Fsp3) is 0.379. The van der Waals surface area contributed by atoms with Crippen LogP contribution in [0.4, 0.5) is 5.69 Å². The third kappa shape index (κ3) is 4.45. The number of methoxy groups -OCH3 is 5. The van der Waals surface area contributed by atoms with Crippen LogP contribution in [0.3, 0.4) is 0 Å². The molecular formula is C29H35NO5. The smallest absolute Gasteiger partial charge is 0.161 e. The van der Waals surface area contributed by atoms with Gasteiger partial charge >= 0.3 is 0 Å². The van der Waals surface area contributed by atoms with E-state index < -0.39 is 0 Å². The van der Waals surface area contributed by atoms with Crippen molar-refractivity contribution in [1.29, 1.82) is 0 Å². The van der Waals surface area contributed by atoms with E-state index in [1.807, 2.05) is 24.3 Å². The maximum Gasteiger partial charge on any atom is 0.161 e. The molecule has 186 valence electrons. The summed E-state index contributed by atoms with van der Waals surface area (Å²) in [5, 5.41) is 0. The standard InChI is InChI=1S/C29H35NO5/c1-18-19(2)29(21-9-15-25(33-5)27(17-21)35-7)30(22-10-12-23(31-3)13-11-22)28(18)20-8-14-24(32-4)26(16-20)34-6/h8-19,28-29H,1-7H3/t18-,19-,28-,29-/m1/s1. The molecule has 1 aliphatic heterocycles. The zero-order valence-corrected chi connectivity index (χ0v) is 21.6. The molecule has 6 nitrogen and oxygen atoms in total. The van der Waals surface area contributed by atoms with E-state index in [1.54, 1.807) is 35.5 Å². The van der Waals surface area contributed by atoms with Gasteiger partial charge in [0.25, 0.3) is 0 Å². The predicted molar refractivity (Wildman–Crippen MR) is 138 cm³/mol. The summed E-state index contributed by atoms with van der Waals surface area (Å²) in [5.74, 6) is 4.45. The van der Waals surface area contributed by atoms with E-state index >= 15 is 0 Å². The van der Waals surface area contributed by atoms with Crippen molar-refractivity contribution in [3.05, 3.63) is 71.8 Å². The van der Waals surface area contributed by atoms with Gasteiger partial charge in [0.15, 0.2) is 23.0 Å². The number of ether oxygens (including phenoxy) is 5. The highest BCUT2D eigenvalue weighted by molar-refractivity contribution is 5.58. The molecule has 0 bridgehead atoms. The number of rotatable bonds is 8. The van der Waals surface area contributed by atoms with Crippen molar-refractivity contribution in [3.63, 3.8) is 0 Å². The largest absolute Gasteiger partial charge is 0.497 e. The van der Waals surface area contributed by atoms with Gasteiger partial charge in [0, 0.05) is 5.69 Å². The molecule has 6 heteroatoms. The second-order valence-electron chi connectivity index (χ2n) is 8.94. The van der Waals surface area contributed by atoms with Crippen LogP contribution in [0.5, 0.6) is 28.7 Å². The third-order valence-electron chi connectivity index (χ3n) is 7.29. The first kappa shape index (κ1) is 24.6. The van der Waals surface area contributed by atoms with Crippen LogP contribution in [-0.4, -0.2) is 35.5 Å². The van der Waals surface area contributed by atoms with Crippen molar-refractivity contribution < 1.29 is 23.7 Å². The van der Waals surface area contributed by atoms with Gasteiger partial charge < -0.3 is 28.6 Å². The fourth-order valence-electron chi connectivity index (χ4n) is 5.33. The molecule has 0 aromatic heterocycles. The Morgan fingerprint density at radius 1 is 0.514 bits per heavy atom. The molecule has 1 aliphatic rings. The van der Waals surface area contributed by atoms with Crippen molar-refractivity contribution in [2.24, 2.45) is 11.8 Å². The minimum atomic E-state index is 0.122. The lowest BCUT2D eigenvalue weighted by molar-refractivity contribution is 0.352. The molecular weight excluding hydrogens is 442 g/mol. The lowest BCUT2D eigenvalue weighted by Crippen LogP contribution is -2.28. The monoisotopic (exact) mass is 477 g/mol. The Labute approximate surface area is 208 Å². The molecule has 3 aromatic rings. The summed E-state index contributed by atoms with van der Waals surface area (Å²) < 4.78 is 27.7. The Morgan fingerprint density at radius 2 is 0.943 bits per heavy atom. The Kier molecular flexibility index (Phi) is 7.29. The first-order valence-electron chi connectivity index (χ1n) is 11.8. The summed E-state index contributed by atoms with van der Waals surface area (Å²) in [6.07, 6.45) is 0. The summed E-state index contributed by atoms with van der Waals surface area (Å²) in [6.45, 7) is 4.65. The van der Waals surface area contributed by atoms with Crippen molar-refractivity contribution in [1.82, 2.24) is 0 Å². The Hall–Kier alpha value is -3.54. The highest BCUT2D eigenvalue weighted by Gasteiger charge is 2.46. The molecule has 0 N–H and O–H groups in total. The third-order valence-corrected chi connectivity index (χ3v) is 7.29. The Morgan fingerprint density at radius 3 is 1.31 bits per heavy atom. The molecule has 4 rings (SSSR count). The van der Waals surface area contributed by atoms with Gasteiger partial charge in [-0.25, -0.2) is 0 Å². The minimum Gasteiger partial charge on any atom is -0.497 e. The van der Waals surface area contributed by atoms with Gasteiger partial charge in [-0.05, 0) is 71.5 Å². The van der Waals surface area contributed by atoms with Gasteiger partial charge in [0.05, 0.1) is 47.6 Å². The van der Waals surface area contributed by atoms with Crippen LogP contribution in [0.2, 0.25) is 0 Å². The average molecular weight is 478 g/mol. The predicted octanol–water partition coefficient (Wildman–Crippen LogP) is 6.30. The number of hydrogen-bond acceptors (Lipinski definition) is 6. The van der Waals surface area contributed by atoms with Crippen molar-refractivity contribution >= 4 is 5.69 Å². The Balaban J connectivity index is 1.87. The van der Waals surface area contributed by atoms with E-state index in [0.29, 0.717) is 11.8 Å². The second kappa shape index (κ2) is 10.4. The average Bonchev–Trinajstić information content (AvgIpc) is 3.17. The molecule has 0 saturated carbocycles. The summed E-state index contributed by atoms with van der Waals surface area (Å²) in [6, 6.07) is 21.0. The minimum absolute atomic E-state index is 0.122. The summed E-state index contributed by atoms with van der Waals surface area (Å²) in [4.78, 5) is 2.51. The fourth-order valence-corrected chi connectivity index (χ4v) is 5.33. The maximum absolute atomic E-state index is 5.65. The van der Waals surface area contributed by atoms with Crippen LogP contribution >= 0.6 is 0 Å². The topological polar surface area (TPSA) is 49.4 Å². The van der Waals surface area contributed by atoms with Crippen LogP contribution in [0, 0.1) is 11.8 Å². The number of anilines is 1. The normalized spacial score (nSPS) is 21.5. The zero-order chi connectivity index (χ0) is 25.1. The van der Waals surface area contributed by atoms with Crippen molar-refractivity contribution in [2.75, 3.05) is 40.4 Å². The van der Waals surface area contributed by atoms with Crippen LogP contribution < -0.4 is 28.6 Å². The molecule has 4 atom stereocenters. The van der Waals surface area contributed by atoms with Crippen LogP contribution in [0.1, 0.15) is 37.1 Å². The molecule has 0 aliphatic carbocycles. The van der Waals surface area contributed by atoms with Gasteiger partial charge in [-0.15, -0.1) is 0 Å². The highest BCUT2D eigenvalue weighted by Crippen LogP contribution is 2.54. The van der Waals surface area contributed by atoms with E-state index in [2.05, 4.69) is 55.1 Å². The lowest BCUT2D eigenvalue weighted by atomic mass is 9.85. The number of benzene rings is 3. The van der Waals surface area contributed by atoms with Crippen molar-refractivity contribution in [2.45, 2.75) is 25.9 Å². The highest BCUT2D eigenvalue weighted by atomic mass is 16.5. The molecule has 0 unspecified atom stereocenters. The molecule has 1 saturated heterocycles. The van der Waals surface area contributed by atoms with Crippen LogP contribution in [0.15, 0.2) is 60.7 Å². The summed E-state index contributed by atoms with van der Waals surface area (Å²) in [7, 11) is 8.36. The van der Waals surface area contributed by atoms with E-state index in [-0.39, 0.29) is 12.1 Å². The zero-order valence-electron chi connectivity index (χ0n) is 21.6. The molecule has 0 radical (unpaired) electrons. The Bertz CT molecular complexity index is 1080. The number of nitrogens with zero attached hydrogens (tertiary/aromatic N) is 1. The quantitative estimate of drug-likeness (QED) is 0.379. The van der Waals surface area contributed by atoms with Gasteiger partial charge in [-0.1, -0.05) is 26.0 Å². The van der Waals surface area contributed by atoms with Gasteiger partial charge in [-0.2, -0.15) is 0 Å².